The lowest BCUT2D eigenvalue weighted by molar-refractivity contribution is -0.138. The first-order valence-corrected chi connectivity index (χ1v) is 9.49. The van der Waals surface area contributed by atoms with Crippen LogP contribution in [0.5, 0.6) is 0 Å². The first kappa shape index (κ1) is 18.9. The third kappa shape index (κ3) is 4.36. The monoisotopic (exact) mass is 365 g/mol. The van der Waals surface area contributed by atoms with Gasteiger partial charge in [-0.1, -0.05) is 18.2 Å². The van der Waals surface area contributed by atoms with Gasteiger partial charge in [-0.05, 0) is 54.8 Å². The van der Waals surface area contributed by atoms with Crippen LogP contribution in [0, 0.1) is 19.7 Å². The van der Waals surface area contributed by atoms with Gasteiger partial charge < -0.3 is 5.11 Å². The molecule has 2 aromatic carbocycles. The molecule has 0 amide bonds. The Bertz CT molecular complexity index is 878. The van der Waals surface area contributed by atoms with Gasteiger partial charge in [0.2, 0.25) is 10.0 Å². The smallest absolute Gasteiger partial charge is 0.327 e. The van der Waals surface area contributed by atoms with Crippen LogP contribution in [0.1, 0.15) is 16.7 Å². The minimum Gasteiger partial charge on any atom is -0.480 e. The van der Waals surface area contributed by atoms with Crippen molar-refractivity contribution in [1.29, 1.82) is 0 Å². The van der Waals surface area contributed by atoms with Crippen LogP contribution in [0.15, 0.2) is 42.5 Å². The molecule has 0 saturated carbocycles. The predicted octanol–water partition coefficient (Wildman–Crippen LogP) is 2.90. The molecule has 5 nitrogen and oxygen atoms in total. The normalized spacial score (nSPS) is 12.6. The summed E-state index contributed by atoms with van der Waals surface area (Å²) in [5, 5.41) is 9.66. The van der Waals surface area contributed by atoms with Gasteiger partial charge in [0, 0.05) is 6.42 Å². The Balaban J connectivity index is 2.52. The lowest BCUT2D eigenvalue weighted by Gasteiger charge is -2.29. The highest BCUT2D eigenvalue weighted by molar-refractivity contribution is 7.92. The van der Waals surface area contributed by atoms with Crippen molar-refractivity contribution in [2.75, 3.05) is 10.6 Å². The molecule has 0 bridgehead atoms. The minimum atomic E-state index is -3.89. The number of nitrogens with zero attached hydrogens (tertiary/aromatic N) is 1. The summed E-state index contributed by atoms with van der Waals surface area (Å²) in [5.74, 6) is -1.80. The maximum absolute atomic E-state index is 13.2. The molecule has 2 rings (SSSR count). The number of rotatable bonds is 6. The number of aryl methyl sites for hydroxylation is 1. The van der Waals surface area contributed by atoms with Crippen LogP contribution in [-0.4, -0.2) is 31.8 Å². The van der Waals surface area contributed by atoms with Crippen molar-refractivity contribution in [3.63, 3.8) is 0 Å². The largest absolute Gasteiger partial charge is 0.480 e. The van der Waals surface area contributed by atoms with Crippen molar-refractivity contribution in [3.05, 3.63) is 65.0 Å². The number of carboxylic acids is 1. The molecule has 134 valence electrons. The van der Waals surface area contributed by atoms with Crippen LogP contribution < -0.4 is 4.31 Å². The molecule has 0 aliphatic rings. The summed E-state index contributed by atoms with van der Waals surface area (Å²) in [7, 11) is -3.89. The Hall–Kier alpha value is -2.41. The summed E-state index contributed by atoms with van der Waals surface area (Å²) in [6.07, 6.45) is 0.947. The highest BCUT2D eigenvalue weighted by atomic mass is 32.2. The minimum absolute atomic E-state index is 0.00724. The van der Waals surface area contributed by atoms with Crippen LogP contribution in [0.25, 0.3) is 0 Å². The second kappa shape index (κ2) is 7.23. The molecule has 1 N–H and O–H groups in total. The van der Waals surface area contributed by atoms with Gasteiger partial charge >= 0.3 is 5.97 Å². The summed E-state index contributed by atoms with van der Waals surface area (Å²) in [5.41, 5.74) is 2.78. The SMILES string of the molecule is Cc1cccc(CC(C(=O)O)N(c2ccc(F)cc2)S(C)(=O)=O)c1C. The van der Waals surface area contributed by atoms with Gasteiger partial charge in [-0.15, -0.1) is 0 Å². The standard InChI is InChI=1S/C18H20FNO4S/c1-12-5-4-6-14(13(12)2)11-17(18(21)22)20(25(3,23)24)16-9-7-15(19)8-10-16/h4-10,17H,11H2,1-3H3,(H,21,22). The zero-order valence-electron chi connectivity index (χ0n) is 14.2. The average Bonchev–Trinajstić information content (AvgIpc) is 2.51. The molecule has 0 fully saturated rings. The third-order valence-electron chi connectivity index (χ3n) is 4.14. The molecule has 0 heterocycles. The maximum atomic E-state index is 13.2. The molecule has 1 atom stereocenters. The predicted molar refractivity (Wildman–Crippen MR) is 94.8 cm³/mol. The molecular weight excluding hydrogens is 345 g/mol. The molecule has 0 saturated heterocycles. The van der Waals surface area contributed by atoms with Crippen molar-refractivity contribution in [3.8, 4) is 0 Å². The number of carbonyl (C=O) groups is 1. The number of halogens is 1. The zero-order valence-corrected chi connectivity index (χ0v) is 15.0. The van der Waals surface area contributed by atoms with E-state index in [0.29, 0.717) is 0 Å². The molecule has 0 spiro atoms. The topological polar surface area (TPSA) is 74.7 Å². The number of aliphatic carboxylic acids is 1. The zero-order chi connectivity index (χ0) is 18.8. The van der Waals surface area contributed by atoms with Crippen LogP contribution in [0.2, 0.25) is 0 Å². The van der Waals surface area contributed by atoms with E-state index in [0.717, 1.165) is 39.4 Å². The van der Waals surface area contributed by atoms with Gasteiger partial charge in [-0.25, -0.2) is 17.6 Å². The summed E-state index contributed by atoms with van der Waals surface area (Å²) in [6, 6.07) is 8.88. The Morgan fingerprint density at radius 2 is 1.76 bits per heavy atom. The number of hydrogen-bond donors (Lipinski definition) is 1. The summed E-state index contributed by atoms with van der Waals surface area (Å²) < 4.78 is 38.5. The van der Waals surface area contributed by atoms with E-state index < -0.39 is 27.9 Å². The Labute approximate surface area is 146 Å². The molecule has 0 aromatic heterocycles. The second-order valence-corrected chi connectivity index (χ2v) is 7.81. The number of carboxylic acid groups (broad SMARTS) is 1. The average molecular weight is 365 g/mol. The highest BCUT2D eigenvalue weighted by Crippen LogP contribution is 2.25. The van der Waals surface area contributed by atoms with Crippen molar-refractivity contribution < 1.29 is 22.7 Å². The fourth-order valence-corrected chi connectivity index (χ4v) is 3.83. The van der Waals surface area contributed by atoms with E-state index in [2.05, 4.69) is 0 Å². The van der Waals surface area contributed by atoms with Crippen LogP contribution in [-0.2, 0) is 21.2 Å². The van der Waals surface area contributed by atoms with E-state index in [4.69, 9.17) is 0 Å². The molecule has 25 heavy (non-hydrogen) atoms. The molecule has 0 radical (unpaired) electrons. The van der Waals surface area contributed by atoms with Gasteiger partial charge in [-0.2, -0.15) is 0 Å². The summed E-state index contributed by atoms with van der Waals surface area (Å²) in [6.45, 7) is 3.77. The number of benzene rings is 2. The lowest BCUT2D eigenvalue weighted by atomic mass is 9.97. The molecule has 2 aromatic rings. The molecule has 1 unspecified atom stereocenters. The van der Waals surface area contributed by atoms with Gasteiger partial charge in [0.1, 0.15) is 11.9 Å². The fourth-order valence-electron chi connectivity index (χ4n) is 2.70. The molecular formula is C18H20FNO4S. The summed E-state index contributed by atoms with van der Waals surface area (Å²) in [4.78, 5) is 11.8. The van der Waals surface area contributed by atoms with Crippen LogP contribution in [0.3, 0.4) is 0 Å². The lowest BCUT2D eigenvalue weighted by Crippen LogP contribution is -2.46. The number of anilines is 1. The fraction of sp³-hybridized carbons (Fsp3) is 0.278. The maximum Gasteiger partial charge on any atom is 0.327 e. The van der Waals surface area contributed by atoms with Crippen molar-refractivity contribution in [2.24, 2.45) is 0 Å². The molecule has 7 heteroatoms. The van der Waals surface area contributed by atoms with E-state index in [9.17, 15) is 22.7 Å². The van der Waals surface area contributed by atoms with Crippen molar-refractivity contribution in [1.82, 2.24) is 0 Å². The second-order valence-electron chi connectivity index (χ2n) is 5.95. The van der Waals surface area contributed by atoms with E-state index in [1.165, 1.54) is 12.1 Å². The first-order valence-electron chi connectivity index (χ1n) is 7.64. The van der Waals surface area contributed by atoms with Crippen LogP contribution in [0.4, 0.5) is 10.1 Å². The Kier molecular flexibility index (Phi) is 5.47. The number of sulfonamides is 1. The van der Waals surface area contributed by atoms with E-state index in [1.54, 1.807) is 12.1 Å². The van der Waals surface area contributed by atoms with Gasteiger partial charge in [0.25, 0.3) is 0 Å². The third-order valence-corrected chi connectivity index (χ3v) is 5.32. The van der Waals surface area contributed by atoms with E-state index in [-0.39, 0.29) is 12.1 Å². The van der Waals surface area contributed by atoms with E-state index >= 15 is 0 Å². The highest BCUT2D eigenvalue weighted by Gasteiger charge is 2.33. The van der Waals surface area contributed by atoms with Gasteiger partial charge in [-0.3, -0.25) is 4.31 Å². The van der Waals surface area contributed by atoms with Crippen LogP contribution >= 0.6 is 0 Å². The molecule has 0 aliphatic heterocycles. The first-order chi connectivity index (χ1) is 11.6. The molecule has 0 aliphatic carbocycles. The quantitative estimate of drug-likeness (QED) is 0.854. The Morgan fingerprint density at radius 3 is 2.28 bits per heavy atom. The van der Waals surface area contributed by atoms with Crippen molar-refractivity contribution in [2.45, 2.75) is 26.3 Å². The summed E-state index contributed by atoms with van der Waals surface area (Å²) >= 11 is 0. The van der Waals surface area contributed by atoms with E-state index in [1.807, 2.05) is 19.9 Å². The number of hydrogen-bond acceptors (Lipinski definition) is 3. The Morgan fingerprint density at radius 1 is 1.16 bits per heavy atom. The van der Waals surface area contributed by atoms with Gasteiger partial charge in [0.15, 0.2) is 0 Å². The van der Waals surface area contributed by atoms with Gasteiger partial charge in [0.05, 0.1) is 11.9 Å². The van der Waals surface area contributed by atoms with Crippen molar-refractivity contribution >= 4 is 21.7 Å².